The number of fused-ring (bicyclic) bond motifs is 1. The average molecular weight is 701 g/mol. The van der Waals surface area contributed by atoms with E-state index in [1.165, 1.54) is 6.08 Å². The molecule has 3 amide bonds. The van der Waals surface area contributed by atoms with Gasteiger partial charge < -0.3 is 24.8 Å². The summed E-state index contributed by atoms with van der Waals surface area (Å²) in [6.07, 6.45) is 3.19. The number of nitrogens with one attached hydrogen (secondary N) is 2. The highest BCUT2D eigenvalue weighted by atomic mass is 19.4. The molecule has 0 aromatic carbocycles. The van der Waals surface area contributed by atoms with Crippen LogP contribution in [0.4, 0.5) is 29.6 Å². The number of nitrogens with zero attached hydrogens (tertiary/aromatic N) is 8. The van der Waals surface area contributed by atoms with E-state index in [1.54, 1.807) is 28.6 Å². The summed E-state index contributed by atoms with van der Waals surface area (Å²) in [4.78, 5) is 53.2. The Morgan fingerprint density at radius 3 is 2.46 bits per heavy atom. The molecule has 2 aliphatic rings. The number of pyridine rings is 1. The summed E-state index contributed by atoms with van der Waals surface area (Å²) in [5.41, 5.74) is 0.221. The number of amides is 3. The molecule has 50 heavy (non-hydrogen) atoms. The normalized spacial score (nSPS) is 16.0. The number of piperidine rings is 1. The van der Waals surface area contributed by atoms with Crippen molar-refractivity contribution < 1.29 is 32.3 Å². The van der Waals surface area contributed by atoms with Crippen LogP contribution in [0.3, 0.4) is 0 Å². The fourth-order valence-corrected chi connectivity index (χ4v) is 5.90. The lowest BCUT2D eigenvalue weighted by atomic mass is 10.1. The average Bonchev–Trinajstić information content (AvgIpc) is 3.49. The van der Waals surface area contributed by atoms with Crippen LogP contribution in [0.1, 0.15) is 37.3 Å². The summed E-state index contributed by atoms with van der Waals surface area (Å²) >= 11 is 0. The Bertz CT molecular complexity index is 1700. The fourth-order valence-electron chi connectivity index (χ4n) is 5.90. The van der Waals surface area contributed by atoms with E-state index in [2.05, 4.69) is 35.5 Å². The summed E-state index contributed by atoms with van der Waals surface area (Å²) < 4.78 is 49.4. The second-order valence-electron chi connectivity index (χ2n) is 12.5. The number of aromatic nitrogens is 4. The van der Waals surface area contributed by atoms with Crippen molar-refractivity contribution in [3.05, 3.63) is 47.8 Å². The van der Waals surface area contributed by atoms with Crippen molar-refractivity contribution in [1.82, 2.24) is 39.6 Å². The Morgan fingerprint density at radius 2 is 1.78 bits per heavy atom. The number of carbonyl (C=O) groups excluding carboxylic acids is 3. The second kappa shape index (κ2) is 16.3. The lowest BCUT2D eigenvalue weighted by molar-refractivity contribution is -0.137. The smallest absolute Gasteiger partial charge is 0.417 e. The maximum atomic E-state index is 14.4. The molecule has 0 spiro atoms. The van der Waals surface area contributed by atoms with Crippen molar-refractivity contribution in [2.45, 2.75) is 38.9 Å². The molecule has 17 heteroatoms. The predicted molar refractivity (Wildman–Crippen MR) is 180 cm³/mol. The predicted octanol–water partition coefficient (Wildman–Crippen LogP) is 3.25. The largest absolute Gasteiger partial charge is 0.450 e. The molecule has 14 nitrogen and oxygen atoms in total. The number of carbonyl (C=O) groups is 3. The minimum Gasteiger partial charge on any atom is -0.450 e. The standard InChI is InChI=1S/C33H43F3N10O4/c1-4-50-32(49)39-27-18-25(33(34,35)36)24(19-37-27)30-40-31(45-11-6-5-7-12-45)26-17-23(22-46(26)41-30)21-43-13-15-44(16-14-43)29(48)20-38-28(47)9-8-10-42(2)3/h8-9,17-19,22H,4-7,10-16,20-21H2,1-3H3,(H,38,47)(H,37,39,49)/b9-8+. The molecule has 0 radical (unpaired) electrons. The number of alkyl halides is 3. The van der Waals surface area contributed by atoms with Crippen LogP contribution in [0.15, 0.2) is 36.7 Å². The van der Waals surface area contributed by atoms with E-state index in [1.807, 2.05) is 25.1 Å². The molecule has 0 bridgehead atoms. The van der Waals surface area contributed by atoms with Gasteiger partial charge in [0.05, 0.1) is 24.3 Å². The van der Waals surface area contributed by atoms with Crippen LogP contribution < -0.4 is 15.5 Å². The SMILES string of the molecule is CCOC(=O)Nc1cc(C(F)(F)F)c(-c2nc(N3CCCCC3)c3cc(CN4CCN(C(=O)CNC(=O)/C=C/CN(C)C)CC4)cn3n2)cn1. The van der Waals surface area contributed by atoms with Crippen molar-refractivity contribution in [3.8, 4) is 11.4 Å². The molecule has 5 rings (SSSR count). The fraction of sp³-hybridized carbons (Fsp3) is 0.515. The zero-order chi connectivity index (χ0) is 35.8. The molecule has 2 aliphatic heterocycles. The van der Waals surface area contributed by atoms with Gasteiger partial charge in [0, 0.05) is 70.8 Å². The minimum atomic E-state index is -4.78. The molecular weight excluding hydrogens is 657 g/mol. The summed E-state index contributed by atoms with van der Waals surface area (Å²) in [5.74, 6) is -0.380. The number of likely N-dealkylation sites (N-methyl/N-ethyl adjacent to an activating group) is 1. The number of hydrogen-bond acceptors (Lipinski definition) is 10. The molecule has 2 fully saturated rings. The first-order chi connectivity index (χ1) is 23.9. The van der Waals surface area contributed by atoms with Gasteiger partial charge in [0.1, 0.15) is 11.3 Å². The number of ether oxygens (including phenoxy) is 1. The van der Waals surface area contributed by atoms with Crippen LogP contribution in [-0.4, -0.2) is 125 Å². The number of anilines is 2. The Morgan fingerprint density at radius 1 is 1.04 bits per heavy atom. The van der Waals surface area contributed by atoms with Crippen molar-refractivity contribution in [1.29, 1.82) is 0 Å². The Balaban J connectivity index is 1.33. The van der Waals surface area contributed by atoms with Crippen molar-refractivity contribution in [2.24, 2.45) is 0 Å². The molecule has 0 saturated carbocycles. The summed E-state index contributed by atoms with van der Waals surface area (Å²) in [6, 6.07) is 2.71. The second-order valence-corrected chi connectivity index (χ2v) is 12.5. The van der Waals surface area contributed by atoms with Crippen molar-refractivity contribution >= 4 is 35.1 Å². The summed E-state index contributed by atoms with van der Waals surface area (Å²) in [7, 11) is 3.79. The Kier molecular flexibility index (Phi) is 11.9. The van der Waals surface area contributed by atoms with Crippen LogP contribution >= 0.6 is 0 Å². The molecule has 3 aromatic heterocycles. The maximum Gasteiger partial charge on any atom is 0.417 e. The van der Waals surface area contributed by atoms with Gasteiger partial charge in [0.15, 0.2) is 11.6 Å². The molecule has 270 valence electrons. The van der Waals surface area contributed by atoms with Gasteiger partial charge in [-0.25, -0.2) is 19.3 Å². The third kappa shape index (κ3) is 9.47. The molecule has 3 aromatic rings. The highest BCUT2D eigenvalue weighted by Gasteiger charge is 2.36. The molecule has 2 N–H and O–H groups in total. The molecule has 2 saturated heterocycles. The van der Waals surface area contributed by atoms with E-state index in [4.69, 9.17) is 4.74 Å². The maximum absolute atomic E-state index is 14.4. The summed E-state index contributed by atoms with van der Waals surface area (Å²) in [5, 5.41) is 9.38. The molecule has 5 heterocycles. The molecular formula is C33H43F3N10O4. The quantitative estimate of drug-likeness (QED) is 0.287. The number of hydrogen-bond donors (Lipinski definition) is 2. The van der Waals surface area contributed by atoms with Gasteiger partial charge >= 0.3 is 12.3 Å². The minimum absolute atomic E-state index is 0.0504. The van der Waals surface area contributed by atoms with E-state index < -0.39 is 17.8 Å². The highest BCUT2D eigenvalue weighted by Crippen LogP contribution is 2.38. The van der Waals surface area contributed by atoms with E-state index in [9.17, 15) is 27.6 Å². The van der Waals surface area contributed by atoms with Crippen LogP contribution in [-0.2, 0) is 27.0 Å². The number of halogens is 3. The topological polar surface area (TPSA) is 141 Å². The summed E-state index contributed by atoms with van der Waals surface area (Å²) in [6.45, 7) is 6.35. The first-order valence-electron chi connectivity index (χ1n) is 16.7. The van der Waals surface area contributed by atoms with Crippen LogP contribution in [0, 0.1) is 0 Å². The lowest BCUT2D eigenvalue weighted by Gasteiger charge is -2.34. The van der Waals surface area contributed by atoms with Crippen LogP contribution in [0.5, 0.6) is 0 Å². The Labute approximate surface area is 288 Å². The van der Waals surface area contributed by atoms with Gasteiger partial charge in [-0.1, -0.05) is 6.08 Å². The van der Waals surface area contributed by atoms with E-state index in [0.29, 0.717) is 63.7 Å². The van der Waals surface area contributed by atoms with Gasteiger partial charge in [-0.2, -0.15) is 13.2 Å². The third-order valence-electron chi connectivity index (χ3n) is 8.40. The van der Waals surface area contributed by atoms with Gasteiger partial charge in [0.2, 0.25) is 11.8 Å². The van der Waals surface area contributed by atoms with Gasteiger partial charge in [0.25, 0.3) is 0 Å². The first kappa shape index (κ1) is 36.5. The van der Waals surface area contributed by atoms with Crippen LogP contribution in [0.2, 0.25) is 0 Å². The van der Waals surface area contributed by atoms with Gasteiger partial charge in [-0.3, -0.25) is 19.8 Å². The molecule has 0 aliphatic carbocycles. The Hall–Kier alpha value is -4.77. The molecule has 0 unspecified atom stereocenters. The first-order valence-corrected chi connectivity index (χ1v) is 16.7. The zero-order valence-corrected chi connectivity index (χ0v) is 28.5. The zero-order valence-electron chi connectivity index (χ0n) is 28.5. The van der Waals surface area contributed by atoms with Gasteiger partial charge in [-0.15, -0.1) is 5.10 Å². The van der Waals surface area contributed by atoms with E-state index in [0.717, 1.165) is 37.1 Å². The number of rotatable bonds is 11. The van der Waals surface area contributed by atoms with Crippen LogP contribution in [0.25, 0.3) is 16.9 Å². The van der Waals surface area contributed by atoms with E-state index in [-0.39, 0.29) is 42.2 Å². The number of piperazine rings is 1. The van der Waals surface area contributed by atoms with Crippen molar-refractivity contribution in [2.75, 3.05) is 83.3 Å². The lowest BCUT2D eigenvalue weighted by Crippen LogP contribution is -2.50. The molecule has 0 atom stereocenters. The van der Waals surface area contributed by atoms with E-state index >= 15 is 0 Å². The van der Waals surface area contributed by atoms with Gasteiger partial charge in [-0.05, 0) is 58.0 Å². The highest BCUT2D eigenvalue weighted by molar-refractivity contribution is 5.91. The monoisotopic (exact) mass is 700 g/mol. The van der Waals surface area contributed by atoms with Crippen molar-refractivity contribution in [3.63, 3.8) is 0 Å². The third-order valence-corrected chi connectivity index (χ3v) is 8.40.